The third-order valence-corrected chi connectivity index (χ3v) is 2.12. The minimum Gasteiger partial charge on any atom is -0.494 e. The molecule has 17 heavy (non-hydrogen) atoms. The Morgan fingerprint density at radius 3 is 2.71 bits per heavy atom. The quantitative estimate of drug-likeness (QED) is 0.250. The third kappa shape index (κ3) is 4.72. The molecule has 0 aliphatic rings. The van der Waals surface area contributed by atoms with Crippen molar-refractivity contribution < 1.29 is 19.3 Å². The van der Waals surface area contributed by atoms with Gasteiger partial charge in [0.1, 0.15) is 5.75 Å². The summed E-state index contributed by atoms with van der Waals surface area (Å²) in [5, 5.41) is 12.3. The van der Waals surface area contributed by atoms with Crippen LogP contribution in [0.3, 0.4) is 0 Å². The van der Waals surface area contributed by atoms with Crippen molar-refractivity contribution in [1.82, 2.24) is 0 Å². The molecule has 90 valence electrons. The van der Waals surface area contributed by atoms with Crippen LogP contribution < -0.4 is 10.2 Å². The Balaban J connectivity index is 2.51. The molecule has 0 saturated carbocycles. The van der Waals surface area contributed by atoms with Gasteiger partial charge in [0, 0.05) is 0 Å². The fourth-order valence-electron chi connectivity index (χ4n) is 1.20. The van der Waals surface area contributed by atoms with E-state index in [4.69, 9.17) is 4.74 Å². The molecule has 0 aromatic heterocycles. The van der Waals surface area contributed by atoms with Gasteiger partial charge in [0.25, 0.3) is 6.08 Å². The number of carbonyl (C=O) groups excluding carboxylic acids is 1. The molecular formula is C11H14BNO4. The summed E-state index contributed by atoms with van der Waals surface area (Å²) in [6, 6.07) is 6.74. The highest BCUT2D eigenvalue weighted by Crippen LogP contribution is 2.08. The standard InChI is InChI=1S/C11H14BNO4/c1-2-3-8-16-11-6-4-10(5-7-11)12(15)17-13-9-14/h4-7,15H,2-3,8H2,1H3. The van der Waals surface area contributed by atoms with Gasteiger partial charge in [-0.15, -0.1) is 0 Å². The summed E-state index contributed by atoms with van der Waals surface area (Å²) in [4.78, 5) is 9.79. The second kappa shape index (κ2) is 7.49. The van der Waals surface area contributed by atoms with Crippen molar-refractivity contribution in [2.24, 2.45) is 5.16 Å². The number of unbranched alkanes of at least 4 members (excludes halogenated alkanes) is 1. The normalized spacial score (nSPS) is 9.29. The maximum atomic E-state index is 9.79. The molecule has 6 heteroatoms. The molecule has 0 aliphatic carbocycles. The lowest BCUT2D eigenvalue weighted by Crippen LogP contribution is -2.31. The number of ether oxygens (including phenoxy) is 1. The molecule has 1 aromatic carbocycles. The SMILES string of the molecule is CCCCOc1ccc(B(O)ON=C=O)cc1. The molecule has 0 amide bonds. The van der Waals surface area contributed by atoms with E-state index in [1.807, 2.05) is 0 Å². The Kier molecular flexibility index (Phi) is 5.86. The van der Waals surface area contributed by atoms with Gasteiger partial charge in [0.2, 0.25) is 0 Å². The van der Waals surface area contributed by atoms with Gasteiger partial charge >= 0.3 is 7.12 Å². The smallest absolute Gasteiger partial charge is 0.494 e. The van der Waals surface area contributed by atoms with E-state index in [9.17, 15) is 9.82 Å². The zero-order chi connectivity index (χ0) is 12.5. The van der Waals surface area contributed by atoms with Gasteiger partial charge in [-0.3, -0.25) is 0 Å². The summed E-state index contributed by atoms with van der Waals surface area (Å²) in [6.45, 7) is 2.76. The van der Waals surface area contributed by atoms with Crippen molar-refractivity contribution in [1.29, 1.82) is 0 Å². The lowest BCUT2D eigenvalue weighted by molar-refractivity contribution is 0.284. The molecule has 0 spiro atoms. The number of isocyanates is 1. The van der Waals surface area contributed by atoms with Gasteiger partial charge in [-0.2, -0.15) is 0 Å². The molecule has 0 fully saturated rings. The van der Waals surface area contributed by atoms with Gasteiger partial charge in [-0.25, -0.2) is 4.79 Å². The summed E-state index contributed by atoms with van der Waals surface area (Å²) >= 11 is 0. The molecule has 0 unspecified atom stereocenters. The molecule has 0 radical (unpaired) electrons. The fraction of sp³-hybridized carbons (Fsp3) is 0.364. The minimum absolute atomic E-state index is 0.492. The Morgan fingerprint density at radius 2 is 2.12 bits per heavy atom. The molecule has 0 bridgehead atoms. The predicted molar refractivity (Wildman–Crippen MR) is 63.7 cm³/mol. The van der Waals surface area contributed by atoms with Crippen molar-refractivity contribution in [3.63, 3.8) is 0 Å². The summed E-state index contributed by atoms with van der Waals surface area (Å²) < 4.78 is 9.89. The minimum atomic E-state index is -1.26. The first-order valence-corrected chi connectivity index (χ1v) is 5.41. The number of benzene rings is 1. The topological polar surface area (TPSA) is 68.1 Å². The molecule has 0 aliphatic heterocycles. The fourth-order valence-corrected chi connectivity index (χ4v) is 1.20. The van der Waals surface area contributed by atoms with Crippen molar-refractivity contribution in [2.75, 3.05) is 6.61 Å². The number of hydrogen-bond donors (Lipinski definition) is 1. The maximum Gasteiger partial charge on any atom is 0.584 e. The van der Waals surface area contributed by atoms with E-state index in [0.717, 1.165) is 18.6 Å². The van der Waals surface area contributed by atoms with E-state index in [2.05, 4.69) is 16.8 Å². The van der Waals surface area contributed by atoms with Gasteiger partial charge in [-0.1, -0.05) is 25.5 Å². The van der Waals surface area contributed by atoms with Crippen LogP contribution in [0.5, 0.6) is 5.75 Å². The van der Waals surface area contributed by atoms with Crippen LogP contribution in [-0.2, 0) is 9.55 Å². The summed E-state index contributed by atoms with van der Waals surface area (Å²) in [5.41, 5.74) is 0.492. The molecule has 0 saturated heterocycles. The molecule has 0 atom stereocenters. The van der Waals surface area contributed by atoms with Crippen molar-refractivity contribution in [3.05, 3.63) is 24.3 Å². The Morgan fingerprint density at radius 1 is 1.41 bits per heavy atom. The van der Waals surface area contributed by atoms with Crippen LogP contribution in [-0.4, -0.2) is 24.8 Å². The average molecular weight is 235 g/mol. The van der Waals surface area contributed by atoms with E-state index in [-0.39, 0.29) is 0 Å². The zero-order valence-electron chi connectivity index (χ0n) is 9.63. The lowest BCUT2D eigenvalue weighted by atomic mass is 9.80. The van der Waals surface area contributed by atoms with Crippen LogP contribution in [0.2, 0.25) is 0 Å². The summed E-state index contributed by atoms with van der Waals surface area (Å²) in [7, 11) is -1.26. The van der Waals surface area contributed by atoms with Crippen molar-refractivity contribution in [3.8, 4) is 5.75 Å². The highest BCUT2D eigenvalue weighted by atomic mass is 16.6. The van der Waals surface area contributed by atoms with E-state index in [1.54, 1.807) is 24.3 Å². The van der Waals surface area contributed by atoms with Crippen LogP contribution >= 0.6 is 0 Å². The second-order valence-corrected chi connectivity index (χ2v) is 3.41. The summed E-state index contributed by atoms with van der Waals surface area (Å²) in [5.74, 6) is 0.730. The maximum absolute atomic E-state index is 9.79. The van der Waals surface area contributed by atoms with Crippen LogP contribution in [0.15, 0.2) is 29.4 Å². The van der Waals surface area contributed by atoms with Crippen molar-refractivity contribution in [2.45, 2.75) is 19.8 Å². The number of nitrogens with zero attached hydrogens (tertiary/aromatic N) is 1. The first-order chi connectivity index (χ1) is 8.27. The molecule has 1 N–H and O–H groups in total. The Bertz CT molecular complexity index is 376. The van der Waals surface area contributed by atoms with Crippen LogP contribution in [0.1, 0.15) is 19.8 Å². The van der Waals surface area contributed by atoms with E-state index >= 15 is 0 Å². The molecular weight excluding hydrogens is 221 g/mol. The highest BCUT2D eigenvalue weighted by Gasteiger charge is 2.18. The predicted octanol–water partition coefficient (Wildman–Crippen LogP) is 0.820. The lowest BCUT2D eigenvalue weighted by Gasteiger charge is -2.06. The monoisotopic (exact) mass is 235 g/mol. The first kappa shape index (κ1) is 13.3. The third-order valence-electron chi connectivity index (χ3n) is 2.12. The Labute approximate surface area is 100 Å². The van der Waals surface area contributed by atoms with Crippen molar-refractivity contribution >= 4 is 18.7 Å². The molecule has 0 heterocycles. The first-order valence-electron chi connectivity index (χ1n) is 5.41. The van der Waals surface area contributed by atoms with E-state index in [1.165, 1.54) is 6.08 Å². The molecule has 1 rings (SSSR count). The largest absolute Gasteiger partial charge is 0.584 e. The van der Waals surface area contributed by atoms with E-state index in [0.29, 0.717) is 12.1 Å². The summed E-state index contributed by atoms with van der Waals surface area (Å²) in [6.07, 6.45) is 3.26. The Hall–Kier alpha value is -1.78. The van der Waals surface area contributed by atoms with Crippen LogP contribution in [0.4, 0.5) is 0 Å². The van der Waals surface area contributed by atoms with Gasteiger partial charge in [-0.05, 0) is 29.2 Å². The molecule has 5 nitrogen and oxygen atoms in total. The highest BCUT2D eigenvalue weighted by molar-refractivity contribution is 6.59. The number of hydrogen-bond acceptors (Lipinski definition) is 5. The van der Waals surface area contributed by atoms with Gasteiger partial charge in [0.05, 0.1) is 6.61 Å². The van der Waals surface area contributed by atoms with Gasteiger partial charge in [0.15, 0.2) is 0 Å². The van der Waals surface area contributed by atoms with Crippen LogP contribution in [0, 0.1) is 0 Å². The number of rotatable bonds is 7. The molecule has 1 aromatic rings. The van der Waals surface area contributed by atoms with Crippen LogP contribution in [0.25, 0.3) is 0 Å². The average Bonchev–Trinajstić information content (AvgIpc) is 2.37. The van der Waals surface area contributed by atoms with E-state index < -0.39 is 7.12 Å². The van der Waals surface area contributed by atoms with Gasteiger partial charge < -0.3 is 14.5 Å². The zero-order valence-corrected chi connectivity index (χ0v) is 9.63. The second-order valence-electron chi connectivity index (χ2n) is 3.41.